The van der Waals surface area contributed by atoms with Crippen LogP contribution in [0.5, 0.6) is 0 Å². The molecule has 1 heterocycles. The predicted molar refractivity (Wildman–Crippen MR) is 90.3 cm³/mol. The topological polar surface area (TPSA) is 29.3 Å². The molecule has 0 unspecified atom stereocenters. The molecule has 0 amide bonds. The molecule has 110 valence electrons. The lowest BCUT2D eigenvalue weighted by Gasteiger charge is -2.18. The van der Waals surface area contributed by atoms with Gasteiger partial charge in [0.1, 0.15) is 0 Å². The number of hydrogen-bond acceptors (Lipinski definition) is 2. The van der Waals surface area contributed by atoms with Crippen LogP contribution in [0, 0.1) is 13.5 Å². The van der Waals surface area contributed by atoms with Crippen LogP contribution in [0.15, 0.2) is 12.1 Å². The van der Waals surface area contributed by atoms with Gasteiger partial charge in [-0.2, -0.15) is 0 Å². The van der Waals surface area contributed by atoms with Gasteiger partial charge in [-0.3, -0.25) is 4.98 Å². The van der Waals surface area contributed by atoms with Gasteiger partial charge in [0.05, 0.1) is 17.8 Å². The number of benzene rings is 1. The van der Waals surface area contributed by atoms with E-state index in [-0.39, 0.29) is 6.04 Å². The quantitative estimate of drug-likeness (QED) is 0.796. The van der Waals surface area contributed by atoms with E-state index in [1.165, 1.54) is 11.1 Å². The minimum atomic E-state index is 0.284. The van der Waals surface area contributed by atoms with Gasteiger partial charge in [-0.25, -0.2) is 4.85 Å². The fourth-order valence-corrected chi connectivity index (χ4v) is 2.68. The van der Waals surface area contributed by atoms with E-state index >= 15 is 0 Å². The molecule has 3 nitrogen and oxygen atoms in total. The minimum Gasteiger partial charge on any atom is -0.391 e. The molecule has 2 aromatic rings. The normalized spacial score (nSPS) is 10.9. The van der Waals surface area contributed by atoms with Crippen LogP contribution in [0.25, 0.3) is 15.7 Å². The fraction of sp³-hybridized carbons (Fsp3) is 0.444. The molecule has 1 aromatic carbocycles. The number of aryl methyl sites for hydroxylation is 3. The van der Waals surface area contributed by atoms with Crippen molar-refractivity contribution in [3.63, 3.8) is 0 Å². The van der Waals surface area contributed by atoms with E-state index in [4.69, 9.17) is 11.6 Å². The SMILES string of the molecule is [C-]#[N+]c1c(CC)nc2cc(C)c(CC)cc2c1NC(C)C. The first kappa shape index (κ1) is 15.3. The van der Waals surface area contributed by atoms with Gasteiger partial charge in [0, 0.05) is 17.1 Å². The predicted octanol–water partition coefficient (Wildman–Crippen LogP) is 5.04. The number of aromatic nitrogens is 1. The third-order valence-electron chi connectivity index (χ3n) is 3.75. The van der Waals surface area contributed by atoms with E-state index in [0.29, 0.717) is 5.69 Å². The lowest BCUT2D eigenvalue weighted by atomic mass is 10.00. The van der Waals surface area contributed by atoms with E-state index in [1.54, 1.807) is 0 Å². The molecule has 0 atom stereocenters. The molecule has 21 heavy (non-hydrogen) atoms. The molecule has 1 aromatic heterocycles. The lowest BCUT2D eigenvalue weighted by Crippen LogP contribution is -2.11. The second-order valence-corrected chi connectivity index (χ2v) is 5.70. The first-order valence-electron chi connectivity index (χ1n) is 7.61. The largest absolute Gasteiger partial charge is 0.391 e. The third-order valence-corrected chi connectivity index (χ3v) is 3.75. The summed E-state index contributed by atoms with van der Waals surface area (Å²) in [6.45, 7) is 18.1. The Morgan fingerprint density at radius 2 is 1.95 bits per heavy atom. The first-order chi connectivity index (χ1) is 10.0. The Kier molecular flexibility index (Phi) is 4.47. The van der Waals surface area contributed by atoms with Crippen LogP contribution in [-0.4, -0.2) is 11.0 Å². The van der Waals surface area contributed by atoms with Gasteiger partial charge in [-0.05, 0) is 56.9 Å². The van der Waals surface area contributed by atoms with Crippen molar-refractivity contribution in [1.29, 1.82) is 0 Å². The second kappa shape index (κ2) is 6.13. The smallest absolute Gasteiger partial charge is 0.231 e. The summed E-state index contributed by atoms with van der Waals surface area (Å²) in [7, 11) is 0. The van der Waals surface area contributed by atoms with Gasteiger partial charge in [0.15, 0.2) is 0 Å². The average Bonchev–Trinajstić information content (AvgIpc) is 2.45. The van der Waals surface area contributed by atoms with Crippen molar-refractivity contribution in [3.8, 4) is 0 Å². The van der Waals surface area contributed by atoms with Crippen LogP contribution in [0.2, 0.25) is 0 Å². The van der Waals surface area contributed by atoms with E-state index in [9.17, 15) is 0 Å². The molecule has 0 aliphatic carbocycles. The Hall–Kier alpha value is -2.08. The van der Waals surface area contributed by atoms with Crippen molar-refractivity contribution >= 4 is 22.3 Å². The highest BCUT2D eigenvalue weighted by atomic mass is 14.9. The number of pyridine rings is 1. The van der Waals surface area contributed by atoms with E-state index < -0.39 is 0 Å². The summed E-state index contributed by atoms with van der Waals surface area (Å²) < 4.78 is 0. The highest BCUT2D eigenvalue weighted by Crippen LogP contribution is 2.37. The molecule has 0 bridgehead atoms. The Balaban J connectivity index is 2.86. The molecule has 0 saturated carbocycles. The zero-order valence-corrected chi connectivity index (χ0v) is 13.5. The lowest BCUT2D eigenvalue weighted by molar-refractivity contribution is 0.900. The maximum absolute atomic E-state index is 7.53. The summed E-state index contributed by atoms with van der Waals surface area (Å²) in [6, 6.07) is 4.62. The summed E-state index contributed by atoms with van der Waals surface area (Å²) in [5.41, 5.74) is 6.06. The summed E-state index contributed by atoms with van der Waals surface area (Å²) in [5, 5.41) is 4.52. The molecule has 1 N–H and O–H groups in total. The van der Waals surface area contributed by atoms with Crippen molar-refractivity contribution in [3.05, 3.63) is 40.4 Å². The molecule has 0 radical (unpaired) electrons. The Morgan fingerprint density at radius 3 is 2.48 bits per heavy atom. The second-order valence-electron chi connectivity index (χ2n) is 5.70. The highest BCUT2D eigenvalue weighted by molar-refractivity contribution is 5.99. The number of rotatable bonds is 4. The molecule has 0 spiro atoms. The van der Waals surface area contributed by atoms with E-state index in [1.807, 2.05) is 0 Å². The molecular formula is C18H23N3. The van der Waals surface area contributed by atoms with Crippen LogP contribution in [0.1, 0.15) is 44.5 Å². The molecule has 2 rings (SSSR count). The van der Waals surface area contributed by atoms with E-state index in [2.05, 4.69) is 56.9 Å². The number of anilines is 1. The van der Waals surface area contributed by atoms with Gasteiger partial charge in [0.2, 0.25) is 5.69 Å². The first-order valence-corrected chi connectivity index (χ1v) is 7.61. The third kappa shape index (κ3) is 2.85. The maximum Gasteiger partial charge on any atom is 0.231 e. The van der Waals surface area contributed by atoms with Crippen molar-refractivity contribution in [2.45, 2.75) is 53.5 Å². The van der Waals surface area contributed by atoms with Gasteiger partial charge in [-0.1, -0.05) is 13.8 Å². The molecule has 3 heteroatoms. The Bertz CT molecular complexity index is 709. The monoisotopic (exact) mass is 281 g/mol. The summed E-state index contributed by atoms with van der Waals surface area (Å²) >= 11 is 0. The van der Waals surface area contributed by atoms with Crippen LogP contribution in [0.4, 0.5) is 11.4 Å². The molecular weight excluding hydrogens is 258 g/mol. The summed E-state index contributed by atoms with van der Waals surface area (Å²) in [6.07, 6.45) is 1.76. The maximum atomic E-state index is 7.53. The summed E-state index contributed by atoms with van der Waals surface area (Å²) in [4.78, 5) is 8.46. The Labute approximate surface area is 127 Å². The fourth-order valence-electron chi connectivity index (χ4n) is 2.68. The van der Waals surface area contributed by atoms with E-state index in [0.717, 1.165) is 35.1 Å². The molecule has 0 aliphatic heterocycles. The average molecular weight is 281 g/mol. The standard InChI is InChI=1S/C18H23N3/c1-7-13-10-14-16(9-12(13)5)21-15(8-2)18(19-6)17(14)20-11(3)4/h9-11H,7-8H2,1-5H3,(H,20,21). The van der Waals surface area contributed by atoms with Crippen molar-refractivity contribution in [1.82, 2.24) is 4.98 Å². The van der Waals surface area contributed by atoms with Crippen molar-refractivity contribution < 1.29 is 0 Å². The summed E-state index contributed by atoms with van der Waals surface area (Å²) in [5.74, 6) is 0. The molecule has 0 fully saturated rings. The van der Waals surface area contributed by atoms with Gasteiger partial charge < -0.3 is 5.32 Å². The minimum absolute atomic E-state index is 0.284. The number of hydrogen-bond donors (Lipinski definition) is 1. The van der Waals surface area contributed by atoms with Crippen LogP contribution in [0.3, 0.4) is 0 Å². The zero-order valence-electron chi connectivity index (χ0n) is 13.5. The van der Waals surface area contributed by atoms with Crippen LogP contribution >= 0.6 is 0 Å². The Morgan fingerprint density at radius 1 is 1.24 bits per heavy atom. The van der Waals surface area contributed by atoms with Crippen molar-refractivity contribution in [2.75, 3.05) is 5.32 Å². The number of nitrogens with one attached hydrogen (secondary N) is 1. The number of fused-ring (bicyclic) bond motifs is 1. The molecule has 0 saturated heterocycles. The van der Waals surface area contributed by atoms with Gasteiger partial charge >= 0.3 is 0 Å². The highest BCUT2D eigenvalue weighted by Gasteiger charge is 2.16. The molecule has 0 aliphatic rings. The van der Waals surface area contributed by atoms with Gasteiger partial charge in [0.25, 0.3) is 0 Å². The zero-order chi connectivity index (χ0) is 15.6. The van der Waals surface area contributed by atoms with Gasteiger partial charge in [-0.15, -0.1) is 0 Å². The van der Waals surface area contributed by atoms with Crippen LogP contribution < -0.4 is 5.32 Å². The van der Waals surface area contributed by atoms with Crippen LogP contribution in [-0.2, 0) is 12.8 Å². The number of nitrogens with zero attached hydrogens (tertiary/aromatic N) is 2. The van der Waals surface area contributed by atoms with Crippen molar-refractivity contribution in [2.24, 2.45) is 0 Å².